The highest BCUT2D eigenvalue weighted by atomic mass is 16.5. The summed E-state index contributed by atoms with van der Waals surface area (Å²) in [5.74, 6) is 7.41. The SMILES string of the molecule is COc1ccc(C)cc1C(CC1CC1)NN. The fraction of sp³-hybridized carbons (Fsp3) is 0.538. The number of benzene rings is 1. The Labute approximate surface area is 97.0 Å². The van der Waals surface area contributed by atoms with E-state index in [9.17, 15) is 0 Å². The van der Waals surface area contributed by atoms with Gasteiger partial charge in [0.05, 0.1) is 7.11 Å². The van der Waals surface area contributed by atoms with Gasteiger partial charge in [-0.3, -0.25) is 11.3 Å². The van der Waals surface area contributed by atoms with Gasteiger partial charge in [0.2, 0.25) is 0 Å². The normalized spacial score (nSPS) is 17.2. The lowest BCUT2D eigenvalue weighted by atomic mass is 9.99. The van der Waals surface area contributed by atoms with Crippen LogP contribution in [-0.2, 0) is 0 Å². The van der Waals surface area contributed by atoms with Crippen molar-refractivity contribution in [1.29, 1.82) is 0 Å². The van der Waals surface area contributed by atoms with Crippen molar-refractivity contribution in [2.75, 3.05) is 7.11 Å². The maximum Gasteiger partial charge on any atom is 0.123 e. The van der Waals surface area contributed by atoms with Crippen LogP contribution in [0.2, 0.25) is 0 Å². The van der Waals surface area contributed by atoms with Gasteiger partial charge in [-0.15, -0.1) is 0 Å². The quantitative estimate of drug-likeness (QED) is 0.591. The number of aryl methyl sites for hydroxylation is 1. The molecule has 1 fully saturated rings. The minimum atomic E-state index is 0.211. The summed E-state index contributed by atoms with van der Waals surface area (Å²) < 4.78 is 5.39. The molecular formula is C13H20N2O. The molecule has 88 valence electrons. The number of nitrogens with one attached hydrogen (secondary N) is 1. The zero-order chi connectivity index (χ0) is 11.5. The molecule has 1 aliphatic carbocycles. The Morgan fingerprint density at radius 1 is 1.50 bits per heavy atom. The van der Waals surface area contributed by atoms with Crippen LogP contribution in [0.3, 0.4) is 0 Å². The van der Waals surface area contributed by atoms with E-state index in [-0.39, 0.29) is 6.04 Å². The van der Waals surface area contributed by atoms with Crippen LogP contribution in [0.4, 0.5) is 0 Å². The van der Waals surface area contributed by atoms with Crippen molar-refractivity contribution in [1.82, 2.24) is 5.43 Å². The summed E-state index contributed by atoms with van der Waals surface area (Å²) in [7, 11) is 1.71. The van der Waals surface area contributed by atoms with Gasteiger partial charge >= 0.3 is 0 Å². The standard InChI is InChI=1S/C13H20N2O/c1-9-3-6-13(16-2)11(7-9)12(15-14)8-10-4-5-10/h3,6-7,10,12,15H,4-5,8,14H2,1-2H3. The zero-order valence-corrected chi connectivity index (χ0v) is 9.99. The van der Waals surface area contributed by atoms with E-state index in [0.29, 0.717) is 0 Å². The topological polar surface area (TPSA) is 47.3 Å². The van der Waals surface area contributed by atoms with Crippen molar-refractivity contribution < 1.29 is 4.74 Å². The molecule has 1 aromatic carbocycles. The number of methoxy groups -OCH3 is 1. The third kappa shape index (κ3) is 2.54. The zero-order valence-electron chi connectivity index (χ0n) is 9.99. The highest BCUT2D eigenvalue weighted by Gasteiger charge is 2.27. The highest BCUT2D eigenvalue weighted by Crippen LogP contribution is 2.39. The summed E-state index contributed by atoms with van der Waals surface area (Å²) >= 11 is 0. The van der Waals surface area contributed by atoms with Gasteiger partial charge in [0.15, 0.2) is 0 Å². The Balaban J connectivity index is 2.23. The van der Waals surface area contributed by atoms with Crippen molar-refractivity contribution in [2.24, 2.45) is 11.8 Å². The molecule has 0 spiro atoms. The van der Waals surface area contributed by atoms with Gasteiger partial charge in [-0.05, 0) is 25.3 Å². The molecule has 0 saturated heterocycles. The first kappa shape index (κ1) is 11.4. The number of hydrazine groups is 1. The van der Waals surface area contributed by atoms with Gasteiger partial charge in [0, 0.05) is 11.6 Å². The monoisotopic (exact) mass is 220 g/mol. The molecule has 1 atom stereocenters. The van der Waals surface area contributed by atoms with E-state index >= 15 is 0 Å². The van der Waals surface area contributed by atoms with Gasteiger partial charge in [-0.25, -0.2) is 0 Å². The molecular weight excluding hydrogens is 200 g/mol. The van der Waals surface area contributed by atoms with Crippen molar-refractivity contribution >= 4 is 0 Å². The minimum absolute atomic E-state index is 0.211. The van der Waals surface area contributed by atoms with Gasteiger partial charge < -0.3 is 4.74 Å². The second-order valence-corrected chi connectivity index (χ2v) is 4.64. The molecule has 16 heavy (non-hydrogen) atoms. The molecule has 0 radical (unpaired) electrons. The maximum absolute atomic E-state index is 5.65. The number of ether oxygens (including phenoxy) is 1. The molecule has 0 aromatic heterocycles. The lowest BCUT2D eigenvalue weighted by molar-refractivity contribution is 0.392. The van der Waals surface area contributed by atoms with Crippen LogP contribution in [0.15, 0.2) is 18.2 Å². The largest absolute Gasteiger partial charge is 0.496 e. The van der Waals surface area contributed by atoms with E-state index in [4.69, 9.17) is 10.6 Å². The lowest BCUT2D eigenvalue weighted by Gasteiger charge is -2.19. The van der Waals surface area contributed by atoms with Crippen LogP contribution >= 0.6 is 0 Å². The number of hydrogen-bond acceptors (Lipinski definition) is 3. The molecule has 3 heteroatoms. The summed E-state index contributed by atoms with van der Waals surface area (Å²) in [4.78, 5) is 0. The molecule has 0 bridgehead atoms. The van der Waals surface area contributed by atoms with Crippen LogP contribution in [-0.4, -0.2) is 7.11 Å². The highest BCUT2D eigenvalue weighted by molar-refractivity contribution is 5.39. The Kier molecular flexibility index (Phi) is 3.46. The average Bonchev–Trinajstić information content (AvgIpc) is 3.09. The summed E-state index contributed by atoms with van der Waals surface area (Å²) in [5, 5.41) is 0. The van der Waals surface area contributed by atoms with E-state index in [2.05, 4.69) is 24.5 Å². The Morgan fingerprint density at radius 3 is 2.81 bits per heavy atom. The van der Waals surface area contributed by atoms with Gasteiger partial charge in [0.25, 0.3) is 0 Å². The van der Waals surface area contributed by atoms with Gasteiger partial charge in [-0.1, -0.05) is 30.5 Å². The third-order valence-electron chi connectivity index (χ3n) is 3.23. The molecule has 1 unspecified atom stereocenters. The van der Waals surface area contributed by atoms with Crippen LogP contribution in [0.5, 0.6) is 5.75 Å². The van der Waals surface area contributed by atoms with E-state index < -0.39 is 0 Å². The van der Waals surface area contributed by atoms with E-state index in [1.165, 1.54) is 24.0 Å². The molecule has 1 aromatic rings. The first-order valence-electron chi connectivity index (χ1n) is 5.85. The van der Waals surface area contributed by atoms with Crippen molar-refractivity contribution in [3.63, 3.8) is 0 Å². The molecule has 2 rings (SSSR count). The van der Waals surface area contributed by atoms with Crippen molar-refractivity contribution in [2.45, 2.75) is 32.2 Å². The predicted octanol–water partition coefficient (Wildman–Crippen LogP) is 2.31. The molecule has 3 nitrogen and oxygen atoms in total. The van der Waals surface area contributed by atoms with Gasteiger partial charge in [0.1, 0.15) is 5.75 Å². The van der Waals surface area contributed by atoms with Crippen LogP contribution in [0.25, 0.3) is 0 Å². The lowest BCUT2D eigenvalue weighted by Crippen LogP contribution is -2.28. The molecule has 3 N–H and O–H groups in total. The molecule has 0 heterocycles. The number of rotatable bonds is 5. The van der Waals surface area contributed by atoms with E-state index in [0.717, 1.165) is 18.1 Å². The summed E-state index contributed by atoms with van der Waals surface area (Å²) in [5.41, 5.74) is 5.33. The molecule has 0 aliphatic heterocycles. The molecule has 1 saturated carbocycles. The molecule has 1 aliphatic rings. The third-order valence-corrected chi connectivity index (χ3v) is 3.23. The fourth-order valence-electron chi connectivity index (χ4n) is 2.10. The average molecular weight is 220 g/mol. The van der Waals surface area contributed by atoms with Crippen molar-refractivity contribution in [3.8, 4) is 5.75 Å². The van der Waals surface area contributed by atoms with E-state index in [1.54, 1.807) is 7.11 Å². The second-order valence-electron chi connectivity index (χ2n) is 4.64. The summed E-state index contributed by atoms with van der Waals surface area (Å²) in [6, 6.07) is 6.45. The number of hydrogen-bond donors (Lipinski definition) is 2. The van der Waals surface area contributed by atoms with Crippen molar-refractivity contribution in [3.05, 3.63) is 29.3 Å². The van der Waals surface area contributed by atoms with Crippen LogP contribution in [0.1, 0.15) is 36.4 Å². The summed E-state index contributed by atoms with van der Waals surface area (Å²) in [6.45, 7) is 2.09. The van der Waals surface area contributed by atoms with E-state index in [1.807, 2.05) is 6.07 Å². The minimum Gasteiger partial charge on any atom is -0.496 e. The maximum atomic E-state index is 5.65. The Hall–Kier alpha value is -1.06. The predicted molar refractivity (Wildman–Crippen MR) is 65.1 cm³/mol. The van der Waals surface area contributed by atoms with Gasteiger partial charge in [-0.2, -0.15) is 0 Å². The fourth-order valence-corrected chi connectivity index (χ4v) is 2.10. The molecule has 0 amide bonds. The second kappa shape index (κ2) is 4.85. The Morgan fingerprint density at radius 2 is 2.25 bits per heavy atom. The van der Waals surface area contributed by atoms with Crippen LogP contribution < -0.4 is 16.0 Å². The first-order chi connectivity index (χ1) is 7.74. The summed E-state index contributed by atoms with van der Waals surface area (Å²) in [6.07, 6.45) is 3.79. The first-order valence-corrected chi connectivity index (χ1v) is 5.85. The smallest absolute Gasteiger partial charge is 0.123 e. The van der Waals surface area contributed by atoms with Crippen LogP contribution in [0, 0.1) is 12.8 Å². The number of nitrogens with two attached hydrogens (primary N) is 1. The Bertz CT molecular complexity index is 361.